The summed E-state index contributed by atoms with van der Waals surface area (Å²) < 4.78 is 26.0. The van der Waals surface area contributed by atoms with E-state index >= 15 is 0 Å². The standard InChI is InChI=1S/C13H10F2N2OS/c14-9-3-4-12(11(15)6-9)19-8-13(18)17-10-2-1-5-16-7-10/h1-7H,8H2,(H,17,18). The van der Waals surface area contributed by atoms with E-state index < -0.39 is 11.6 Å². The summed E-state index contributed by atoms with van der Waals surface area (Å²) in [5.74, 6) is -1.54. The number of hydrogen-bond acceptors (Lipinski definition) is 3. The zero-order chi connectivity index (χ0) is 13.7. The molecule has 0 radical (unpaired) electrons. The highest BCUT2D eigenvalue weighted by Crippen LogP contribution is 2.22. The van der Waals surface area contributed by atoms with E-state index in [2.05, 4.69) is 10.3 Å². The molecule has 0 aliphatic heterocycles. The third-order valence-electron chi connectivity index (χ3n) is 2.20. The molecular weight excluding hydrogens is 270 g/mol. The van der Waals surface area contributed by atoms with E-state index in [4.69, 9.17) is 0 Å². The number of hydrogen-bond donors (Lipinski definition) is 1. The maximum Gasteiger partial charge on any atom is 0.234 e. The molecule has 2 rings (SSSR count). The number of anilines is 1. The molecule has 1 N–H and O–H groups in total. The number of thioether (sulfide) groups is 1. The van der Waals surface area contributed by atoms with Crippen molar-refractivity contribution in [2.24, 2.45) is 0 Å². The molecule has 1 heterocycles. The Morgan fingerprint density at radius 3 is 2.84 bits per heavy atom. The molecule has 1 aromatic heterocycles. The maximum absolute atomic E-state index is 13.3. The van der Waals surface area contributed by atoms with Gasteiger partial charge in [0.25, 0.3) is 0 Å². The number of rotatable bonds is 4. The van der Waals surface area contributed by atoms with Crippen LogP contribution in [0.1, 0.15) is 0 Å². The highest BCUT2D eigenvalue weighted by Gasteiger charge is 2.08. The molecule has 2 aromatic rings. The lowest BCUT2D eigenvalue weighted by Crippen LogP contribution is -2.14. The summed E-state index contributed by atoms with van der Waals surface area (Å²) in [4.78, 5) is 15.7. The maximum atomic E-state index is 13.3. The van der Waals surface area contributed by atoms with E-state index in [0.717, 1.165) is 23.9 Å². The Kier molecular flexibility index (Phi) is 4.46. The fourth-order valence-corrected chi connectivity index (χ4v) is 2.09. The highest BCUT2D eigenvalue weighted by molar-refractivity contribution is 8.00. The predicted molar refractivity (Wildman–Crippen MR) is 69.9 cm³/mol. The Labute approximate surface area is 113 Å². The van der Waals surface area contributed by atoms with Gasteiger partial charge in [-0.1, -0.05) is 0 Å². The summed E-state index contributed by atoms with van der Waals surface area (Å²) in [6.45, 7) is 0. The molecule has 1 amide bonds. The van der Waals surface area contributed by atoms with Crippen molar-refractivity contribution in [3.8, 4) is 0 Å². The number of nitrogens with zero attached hydrogens (tertiary/aromatic N) is 1. The Morgan fingerprint density at radius 2 is 2.16 bits per heavy atom. The second-order valence-corrected chi connectivity index (χ2v) is 4.67. The number of halogens is 2. The number of benzene rings is 1. The van der Waals surface area contributed by atoms with Crippen molar-refractivity contribution in [3.63, 3.8) is 0 Å². The highest BCUT2D eigenvalue weighted by atomic mass is 32.2. The summed E-state index contributed by atoms with van der Waals surface area (Å²) in [6.07, 6.45) is 3.11. The van der Waals surface area contributed by atoms with E-state index in [1.165, 1.54) is 12.3 Å². The number of nitrogens with one attached hydrogen (secondary N) is 1. The van der Waals surface area contributed by atoms with Gasteiger partial charge in [0.05, 0.1) is 17.6 Å². The van der Waals surface area contributed by atoms with Crippen molar-refractivity contribution in [3.05, 3.63) is 54.4 Å². The van der Waals surface area contributed by atoms with Crippen LogP contribution < -0.4 is 5.32 Å². The smallest absolute Gasteiger partial charge is 0.234 e. The van der Waals surface area contributed by atoms with E-state index in [1.807, 2.05) is 0 Å². The average molecular weight is 280 g/mol. The minimum Gasteiger partial charge on any atom is -0.324 e. The van der Waals surface area contributed by atoms with E-state index in [0.29, 0.717) is 5.69 Å². The molecule has 0 saturated heterocycles. The summed E-state index contributed by atoms with van der Waals surface area (Å²) in [5.41, 5.74) is 0.577. The van der Waals surface area contributed by atoms with Crippen LogP contribution in [0, 0.1) is 11.6 Å². The molecule has 98 valence electrons. The molecule has 0 aliphatic rings. The summed E-state index contributed by atoms with van der Waals surface area (Å²) in [7, 11) is 0. The lowest BCUT2D eigenvalue weighted by Gasteiger charge is -2.05. The Bertz CT molecular complexity index is 578. The van der Waals surface area contributed by atoms with Crippen LogP contribution in [-0.2, 0) is 4.79 Å². The van der Waals surface area contributed by atoms with Crippen molar-refractivity contribution in [1.82, 2.24) is 4.98 Å². The molecule has 1 aromatic carbocycles. The van der Waals surface area contributed by atoms with Crippen molar-refractivity contribution in [2.75, 3.05) is 11.1 Å². The summed E-state index contributed by atoms with van der Waals surface area (Å²) in [5, 5.41) is 2.62. The average Bonchev–Trinajstić information content (AvgIpc) is 2.39. The number of aromatic nitrogens is 1. The van der Waals surface area contributed by atoms with Gasteiger partial charge in [-0.25, -0.2) is 8.78 Å². The van der Waals surface area contributed by atoms with Crippen LogP contribution in [-0.4, -0.2) is 16.6 Å². The van der Waals surface area contributed by atoms with Gasteiger partial charge in [-0.15, -0.1) is 11.8 Å². The minimum atomic E-state index is -0.667. The fraction of sp³-hybridized carbons (Fsp3) is 0.0769. The molecule has 6 heteroatoms. The van der Waals surface area contributed by atoms with Crippen LogP contribution >= 0.6 is 11.8 Å². The van der Waals surface area contributed by atoms with Gasteiger partial charge in [-0.05, 0) is 24.3 Å². The van der Waals surface area contributed by atoms with Gasteiger partial charge in [0.1, 0.15) is 11.6 Å². The van der Waals surface area contributed by atoms with Gasteiger partial charge in [0.2, 0.25) is 5.91 Å². The fourth-order valence-electron chi connectivity index (χ4n) is 1.37. The van der Waals surface area contributed by atoms with Gasteiger partial charge in [0, 0.05) is 17.2 Å². The van der Waals surface area contributed by atoms with Crippen molar-refractivity contribution >= 4 is 23.4 Å². The zero-order valence-electron chi connectivity index (χ0n) is 9.77. The molecule has 0 bridgehead atoms. The molecule has 0 unspecified atom stereocenters. The van der Waals surface area contributed by atoms with Gasteiger partial charge < -0.3 is 5.32 Å². The van der Waals surface area contributed by atoms with E-state index in [1.54, 1.807) is 18.3 Å². The number of carbonyl (C=O) groups excluding carboxylic acids is 1. The van der Waals surface area contributed by atoms with Crippen LogP contribution in [0.4, 0.5) is 14.5 Å². The second kappa shape index (κ2) is 6.29. The number of amides is 1. The first kappa shape index (κ1) is 13.5. The van der Waals surface area contributed by atoms with Crippen LogP contribution in [0.3, 0.4) is 0 Å². The first-order valence-corrected chi connectivity index (χ1v) is 6.41. The molecule has 0 spiro atoms. The van der Waals surface area contributed by atoms with Gasteiger partial charge in [-0.3, -0.25) is 9.78 Å². The second-order valence-electron chi connectivity index (χ2n) is 3.65. The monoisotopic (exact) mass is 280 g/mol. The Hall–Kier alpha value is -1.95. The van der Waals surface area contributed by atoms with Crippen LogP contribution in [0.2, 0.25) is 0 Å². The lowest BCUT2D eigenvalue weighted by molar-refractivity contribution is -0.113. The molecular formula is C13H10F2N2OS. The van der Waals surface area contributed by atoms with Gasteiger partial charge in [-0.2, -0.15) is 0 Å². The molecule has 0 aliphatic carbocycles. The van der Waals surface area contributed by atoms with E-state index in [-0.39, 0.29) is 16.6 Å². The minimum absolute atomic E-state index is 0.0391. The zero-order valence-corrected chi connectivity index (χ0v) is 10.6. The molecule has 3 nitrogen and oxygen atoms in total. The van der Waals surface area contributed by atoms with Gasteiger partial charge >= 0.3 is 0 Å². The molecule has 0 saturated carbocycles. The van der Waals surface area contributed by atoms with Crippen molar-refractivity contribution in [1.29, 1.82) is 0 Å². The number of carbonyl (C=O) groups is 1. The van der Waals surface area contributed by atoms with Crippen LogP contribution in [0.5, 0.6) is 0 Å². The topological polar surface area (TPSA) is 42.0 Å². The lowest BCUT2D eigenvalue weighted by atomic mass is 10.3. The first-order chi connectivity index (χ1) is 9.15. The van der Waals surface area contributed by atoms with Gasteiger partial charge in [0.15, 0.2) is 0 Å². The van der Waals surface area contributed by atoms with Crippen LogP contribution in [0.25, 0.3) is 0 Å². The van der Waals surface area contributed by atoms with Crippen molar-refractivity contribution in [2.45, 2.75) is 4.90 Å². The predicted octanol–water partition coefficient (Wildman–Crippen LogP) is 3.09. The van der Waals surface area contributed by atoms with Crippen LogP contribution in [0.15, 0.2) is 47.6 Å². The normalized spacial score (nSPS) is 10.2. The SMILES string of the molecule is O=C(CSc1ccc(F)cc1F)Nc1cccnc1. The number of pyridine rings is 1. The van der Waals surface area contributed by atoms with E-state index in [9.17, 15) is 13.6 Å². The Morgan fingerprint density at radius 1 is 1.32 bits per heavy atom. The third kappa shape index (κ3) is 4.03. The quantitative estimate of drug-likeness (QED) is 0.875. The molecule has 0 atom stereocenters. The Balaban J connectivity index is 1.90. The molecule has 0 fully saturated rings. The van der Waals surface area contributed by atoms with Crippen molar-refractivity contribution < 1.29 is 13.6 Å². The largest absolute Gasteiger partial charge is 0.324 e. The third-order valence-corrected chi connectivity index (χ3v) is 3.25. The molecule has 19 heavy (non-hydrogen) atoms. The first-order valence-electron chi connectivity index (χ1n) is 5.43. The summed E-state index contributed by atoms with van der Waals surface area (Å²) in [6, 6.07) is 6.66. The summed E-state index contributed by atoms with van der Waals surface area (Å²) >= 11 is 1.01.